The van der Waals surface area contributed by atoms with Crippen LogP contribution >= 0.6 is 11.8 Å². The molecule has 3 rings (SSSR count). The van der Waals surface area contributed by atoms with E-state index in [1.165, 1.54) is 4.90 Å². The van der Waals surface area contributed by atoms with Crippen molar-refractivity contribution in [1.82, 2.24) is 10.2 Å². The molecule has 7 nitrogen and oxygen atoms in total. The lowest BCUT2D eigenvalue weighted by Gasteiger charge is -2.17. The second-order valence-corrected chi connectivity index (χ2v) is 7.25. The third kappa shape index (κ3) is 6.11. The van der Waals surface area contributed by atoms with Gasteiger partial charge in [0.25, 0.3) is 11.1 Å². The number of imide groups is 1. The lowest BCUT2D eigenvalue weighted by molar-refractivity contribution is -0.115. The van der Waals surface area contributed by atoms with Gasteiger partial charge in [0.1, 0.15) is 19.0 Å². The first-order chi connectivity index (χ1) is 14.0. The molecule has 0 bridgehead atoms. The molecule has 1 fully saturated rings. The van der Waals surface area contributed by atoms with Gasteiger partial charge in [-0.25, -0.2) is 4.79 Å². The fourth-order valence-electron chi connectivity index (χ4n) is 2.45. The first kappa shape index (κ1) is 20.5. The number of nitrogens with one attached hydrogen (secondary N) is 1. The predicted octanol–water partition coefficient (Wildman–Crippen LogP) is 3.66. The van der Waals surface area contributed by atoms with Gasteiger partial charge in [-0.3, -0.25) is 14.9 Å². The van der Waals surface area contributed by atoms with Gasteiger partial charge in [-0.1, -0.05) is 42.5 Å². The Balaban J connectivity index is 1.42. The molecular formula is C21H20N2O5S. The average molecular weight is 412 g/mol. The number of nitrogens with zero attached hydrogens (tertiary/aromatic N) is 1. The fourth-order valence-corrected chi connectivity index (χ4v) is 3.14. The minimum absolute atomic E-state index is 0.226. The Bertz CT molecular complexity index is 912. The van der Waals surface area contributed by atoms with Crippen molar-refractivity contribution in [1.29, 1.82) is 0 Å². The highest BCUT2D eigenvalue weighted by Crippen LogP contribution is 2.26. The lowest BCUT2D eigenvalue weighted by atomic mass is 10.2. The standard InChI is InChI=1S/C21H20N2O5S/c1-23(21(26)28-14-16-5-3-2-4-6-16)11-12-27-17-9-7-15(8-10-17)13-18-19(24)22-20(25)29-18/h2-10,13H,11-12,14H2,1H3,(H,22,24,25)/b18-13-. The number of hydrogen-bond acceptors (Lipinski definition) is 6. The van der Waals surface area contributed by atoms with E-state index in [2.05, 4.69) is 5.32 Å². The van der Waals surface area contributed by atoms with E-state index in [0.717, 1.165) is 22.9 Å². The molecule has 0 spiro atoms. The smallest absolute Gasteiger partial charge is 0.409 e. The van der Waals surface area contributed by atoms with Crippen LogP contribution in [0.4, 0.5) is 9.59 Å². The number of amides is 3. The van der Waals surface area contributed by atoms with Crippen molar-refractivity contribution >= 4 is 35.1 Å². The van der Waals surface area contributed by atoms with Crippen LogP contribution in [0, 0.1) is 0 Å². The highest BCUT2D eigenvalue weighted by atomic mass is 32.2. The average Bonchev–Trinajstić information content (AvgIpc) is 3.04. The zero-order valence-electron chi connectivity index (χ0n) is 15.8. The number of hydrogen-bond donors (Lipinski definition) is 1. The highest BCUT2D eigenvalue weighted by molar-refractivity contribution is 8.18. The van der Waals surface area contributed by atoms with Crippen molar-refractivity contribution < 1.29 is 23.9 Å². The quantitative estimate of drug-likeness (QED) is 0.699. The van der Waals surface area contributed by atoms with Crippen molar-refractivity contribution in [3.63, 3.8) is 0 Å². The fraction of sp³-hybridized carbons (Fsp3) is 0.190. The van der Waals surface area contributed by atoms with Crippen molar-refractivity contribution in [3.8, 4) is 5.75 Å². The van der Waals surface area contributed by atoms with E-state index in [1.807, 2.05) is 30.3 Å². The Kier molecular flexibility index (Phi) is 6.91. The molecular weight excluding hydrogens is 392 g/mol. The molecule has 1 N–H and O–H groups in total. The molecule has 8 heteroatoms. The number of rotatable bonds is 7. The SMILES string of the molecule is CN(CCOc1ccc(/C=C2\SC(=O)NC2=O)cc1)C(=O)OCc1ccccc1. The molecule has 1 saturated heterocycles. The Morgan fingerprint density at radius 1 is 1.10 bits per heavy atom. The van der Waals surface area contributed by atoms with Gasteiger partial charge in [0.2, 0.25) is 0 Å². The van der Waals surface area contributed by atoms with Gasteiger partial charge in [-0.15, -0.1) is 0 Å². The molecule has 0 atom stereocenters. The Morgan fingerprint density at radius 3 is 2.48 bits per heavy atom. The van der Waals surface area contributed by atoms with Gasteiger partial charge in [0.15, 0.2) is 0 Å². The number of benzene rings is 2. The summed E-state index contributed by atoms with van der Waals surface area (Å²) in [6, 6.07) is 16.6. The largest absolute Gasteiger partial charge is 0.492 e. The van der Waals surface area contributed by atoms with Gasteiger partial charge in [-0.05, 0) is 41.1 Å². The van der Waals surface area contributed by atoms with Crippen LogP contribution in [0.25, 0.3) is 6.08 Å². The van der Waals surface area contributed by atoms with E-state index >= 15 is 0 Å². The zero-order valence-corrected chi connectivity index (χ0v) is 16.6. The summed E-state index contributed by atoms with van der Waals surface area (Å²) in [7, 11) is 1.65. The van der Waals surface area contributed by atoms with Gasteiger partial charge < -0.3 is 14.4 Å². The summed E-state index contributed by atoms with van der Waals surface area (Å²) in [5, 5.41) is 1.85. The molecule has 0 saturated carbocycles. The third-order valence-corrected chi connectivity index (χ3v) is 4.84. The Hall–Kier alpha value is -3.26. The Labute approximate surface area is 172 Å². The van der Waals surface area contributed by atoms with Gasteiger partial charge in [0, 0.05) is 7.05 Å². The molecule has 1 heterocycles. The molecule has 0 unspecified atom stereocenters. The first-order valence-electron chi connectivity index (χ1n) is 8.91. The van der Waals surface area contributed by atoms with Crippen molar-refractivity contribution in [2.75, 3.05) is 20.2 Å². The Morgan fingerprint density at radius 2 is 1.83 bits per heavy atom. The van der Waals surface area contributed by atoms with E-state index in [9.17, 15) is 14.4 Å². The molecule has 0 radical (unpaired) electrons. The lowest BCUT2D eigenvalue weighted by Crippen LogP contribution is -2.31. The van der Waals surface area contributed by atoms with Gasteiger partial charge in [0.05, 0.1) is 11.4 Å². The van der Waals surface area contributed by atoms with Crippen LogP contribution in [0.15, 0.2) is 59.5 Å². The topological polar surface area (TPSA) is 84.9 Å². The molecule has 29 heavy (non-hydrogen) atoms. The first-order valence-corrected chi connectivity index (χ1v) is 9.72. The summed E-state index contributed by atoms with van der Waals surface area (Å²) in [5.74, 6) is 0.250. The van der Waals surface area contributed by atoms with Crippen LogP contribution in [0.2, 0.25) is 0 Å². The van der Waals surface area contributed by atoms with Crippen LogP contribution in [-0.2, 0) is 16.1 Å². The van der Waals surface area contributed by atoms with Crippen molar-refractivity contribution in [2.45, 2.75) is 6.61 Å². The second kappa shape index (κ2) is 9.79. The monoisotopic (exact) mass is 412 g/mol. The van der Waals surface area contributed by atoms with E-state index in [-0.39, 0.29) is 17.8 Å². The number of carbonyl (C=O) groups is 3. The normalized spacial score (nSPS) is 14.6. The molecule has 150 valence electrons. The van der Waals surface area contributed by atoms with Crippen molar-refractivity contribution in [3.05, 3.63) is 70.6 Å². The van der Waals surface area contributed by atoms with Crippen LogP contribution in [-0.4, -0.2) is 42.3 Å². The molecule has 1 aliphatic rings. The molecule has 0 aromatic heterocycles. The number of thioether (sulfide) groups is 1. The highest BCUT2D eigenvalue weighted by Gasteiger charge is 2.24. The molecule has 0 aliphatic carbocycles. The molecule has 2 aromatic carbocycles. The van der Waals surface area contributed by atoms with E-state index in [0.29, 0.717) is 23.8 Å². The van der Waals surface area contributed by atoms with E-state index in [1.54, 1.807) is 37.4 Å². The van der Waals surface area contributed by atoms with Crippen molar-refractivity contribution in [2.24, 2.45) is 0 Å². The second-order valence-electron chi connectivity index (χ2n) is 6.23. The zero-order chi connectivity index (χ0) is 20.6. The van der Waals surface area contributed by atoms with E-state index < -0.39 is 6.09 Å². The van der Waals surface area contributed by atoms with Gasteiger partial charge >= 0.3 is 6.09 Å². The summed E-state index contributed by atoms with van der Waals surface area (Å²) in [4.78, 5) is 36.5. The number of carbonyl (C=O) groups excluding carboxylic acids is 3. The summed E-state index contributed by atoms with van der Waals surface area (Å²) >= 11 is 0.876. The number of ether oxygens (including phenoxy) is 2. The maximum Gasteiger partial charge on any atom is 0.409 e. The predicted molar refractivity (Wildman–Crippen MR) is 110 cm³/mol. The van der Waals surface area contributed by atoms with Crippen LogP contribution < -0.4 is 10.1 Å². The maximum atomic E-state index is 12.0. The maximum absolute atomic E-state index is 12.0. The van der Waals surface area contributed by atoms with Crippen LogP contribution in [0.1, 0.15) is 11.1 Å². The van der Waals surface area contributed by atoms with E-state index in [4.69, 9.17) is 9.47 Å². The minimum atomic E-state index is -0.415. The van der Waals surface area contributed by atoms with Crippen LogP contribution in [0.3, 0.4) is 0 Å². The summed E-state index contributed by atoms with van der Waals surface area (Å²) in [6.45, 7) is 0.909. The summed E-state index contributed by atoms with van der Waals surface area (Å²) in [6.07, 6.45) is 1.23. The molecule has 3 amide bonds. The third-order valence-electron chi connectivity index (χ3n) is 4.03. The van der Waals surface area contributed by atoms with Crippen LogP contribution in [0.5, 0.6) is 5.75 Å². The summed E-state index contributed by atoms with van der Waals surface area (Å²) < 4.78 is 10.9. The molecule has 2 aromatic rings. The minimum Gasteiger partial charge on any atom is -0.492 e. The number of likely N-dealkylation sites (N-methyl/N-ethyl adjacent to an activating group) is 1. The molecule has 1 aliphatic heterocycles. The summed E-state index contributed by atoms with van der Waals surface area (Å²) in [5.41, 5.74) is 1.71. The van der Waals surface area contributed by atoms with Gasteiger partial charge in [-0.2, -0.15) is 0 Å².